The largest absolute Gasteiger partial charge is 0.497 e. The molecule has 8 nitrogen and oxygen atoms in total. The number of nitrogens with one attached hydrogen (secondary N) is 2. The van der Waals surface area contributed by atoms with Crippen LogP contribution in [0.5, 0.6) is 17.2 Å². The fraction of sp³-hybridized carbons (Fsp3) is 0.318. The topological polar surface area (TPSA) is 98.2 Å². The van der Waals surface area contributed by atoms with Crippen molar-refractivity contribution < 1.29 is 23.8 Å². The summed E-state index contributed by atoms with van der Waals surface area (Å²) in [7, 11) is 1.56. The van der Waals surface area contributed by atoms with Crippen LogP contribution in [0, 0.1) is 0 Å². The van der Waals surface area contributed by atoms with E-state index in [0.29, 0.717) is 36.0 Å². The van der Waals surface area contributed by atoms with Crippen LogP contribution in [0.2, 0.25) is 0 Å². The summed E-state index contributed by atoms with van der Waals surface area (Å²) < 4.78 is 17.0. The molecule has 0 aliphatic heterocycles. The number of carbonyl (C=O) groups excluding carboxylic acids is 2. The third-order valence-electron chi connectivity index (χ3n) is 4.01. The molecular formula is C22H26BrN3O5. The Hall–Kier alpha value is -3.07. The maximum Gasteiger partial charge on any atom is 0.251 e. The van der Waals surface area contributed by atoms with E-state index in [1.807, 2.05) is 19.9 Å². The predicted molar refractivity (Wildman–Crippen MR) is 122 cm³/mol. The van der Waals surface area contributed by atoms with Gasteiger partial charge in [-0.25, -0.2) is 5.43 Å². The maximum absolute atomic E-state index is 12.1. The van der Waals surface area contributed by atoms with Gasteiger partial charge in [-0.05, 0) is 71.7 Å². The molecule has 0 atom stereocenters. The minimum Gasteiger partial charge on any atom is -0.497 e. The molecule has 0 saturated heterocycles. The zero-order valence-electron chi connectivity index (χ0n) is 17.7. The van der Waals surface area contributed by atoms with Crippen LogP contribution in [0.3, 0.4) is 0 Å². The average Bonchev–Trinajstić information content (AvgIpc) is 2.76. The number of ether oxygens (including phenoxy) is 3. The first-order chi connectivity index (χ1) is 15.0. The molecule has 166 valence electrons. The minimum atomic E-state index is -0.318. The normalized spacial score (nSPS) is 10.6. The zero-order chi connectivity index (χ0) is 22.6. The summed E-state index contributed by atoms with van der Waals surface area (Å²) in [4.78, 5) is 24.0. The molecule has 0 saturated carbocycles. The fourth-order valence-corrected chi connectivity index (χ4v) is 3.15. The lowest BCUT2D eigenvalue weighted by atomic mass is 10.2. The highest BCUT2D eigenvalue weighted by atomic mass is 79.9. The van der Waals surface area contributed by atoms with Crippen LogP contribution in [-0.4, -0.2) is 44.9 Å². The molecule has 2 rings (SSSR count). The van der Waals surface area contributed by atoms with Crippen LogP contribution in [0.25, 0.3) is 0 Å². The van der Waals surface area contributed by atoms with E-state index in [-0.39, 0.29) is 24.8 Å². The quantitative estimate of drug-likeness (QED) is 0.370. The lowest BCUT2D eigenvalue weighted by Gasteiger charge is -2.13. The Balaban J connectivity index is 1.84. The summed E-state index contributed by atoms with van der Waals surface area (Å²) in [6, 6.07) is 10.3. The Morgan fingerprint density at radius 3 is 2.45 bits per heavy atom. The van der Waals surface area contributed by atoms with Gasteiger partial charge >= 0.3 is 0 Å². The number of carbonyl (C=O) groups is 2. The summed E-state index contributed by atoms with van der Waals surface area (Å²) in [6.07, 6.45) is 1.60. The van der Waals surface area contributed by atoms with Crippen molar-refractivity contribution in [1.82, 2.24) is 10.7 Å². The Morgan fingerprint density at radius 2 is 1.81 bits per heavy atom. The number of hydrogen-bond donors (Lipinski definition) is 2. The van der Waals surface area contributed by atoms with Crippen molar-refractivity contribution in [2.75, 3.05) is 26.9 Å². The van der Waals surface area contributed by atoms with Crippen molar-refractivity contribution in [1.29, 1.82) is 0 Å². The summed E-state index contributed by atoms with van der Waals surface area (Å²) in [5.74, 6) is 1.30. The van der Waals surface area contributed by atoms with Crippen molar-refractivity contribution in [3.8, 4) is 17.2 Å². The summed E-state index contributed by atoms with van der Waals surface area (Å²) in [5.41, 5.74) is 3.67. The van der Waals surface area contributed by atoms with Gasteiger partial charge < -0.3 is 19.5 Å². The second-order valence-corrected chi connectivity index (χ2v) is 7.08. The predicted octanol–water partition coefficient (Wildman–Crippen LogP) is 3.53. The van der Waals surface area contributed by atoms with E-state index in [0.717, 1.165) is 10.0 Å². The molecule has 0 radical (unpaired) electrons. The SMILES string of the molecule is CCOc1cc(C=NNC(=O)CCNC(=O)c2ccc(OC)cc2)cc(Br)c1OCC. The van der Waals surface area contributed by atoms with E-state index in [1.165, 1.54) is 6.21 Å². The van der Waals surface area contributed by atoms with E-state index < -0.39 is 0 Å². The van der Waals surface area contributed by atoms with Crippen molar-refractivity contribution in [3.05, 3.63) is 52.0 Å². The first-order valence-corrected chi connectivity index (χ1v) is 10.6. The van der Waals surface area contributed by atoms with Crippen molar-refractivity contribution >= 4 is 34.0 Å². The highest BCUT2D eigenvalue weighted by Gasteiger charge is 2.11. The van der Waals surface area contributed by atoms with Gasteiger partial charge in [-0.2, -0.15) is 5.10 Å². The summed E-state index contributed by atoms with van der Waals surface area (Å²) in [5, 5.41) is 6.66. The zero-order valence-corrected chi connectivity index (χ0v) is 19.3. The molecule has 31 heavy (non-hydrogen) atoms. The molecule has 0 fully saturated rings. The lowest BCUT2D eigenvalue weighted by Crippen LogP contribution is -2.29. The first-order valence-electron chi connectivity index (χ1n) is 9.81. The number of hydrazone groups is 1. The number of amides is 2. The molecule has 0 heterocycles. The summed E-state index contributed by atoms with van der Waals surface area (Å²) in [6.45, 7) is 4.98. The molecule has 0 aliphatic rings. The molecule has 9 heteroatoms. The van der Waals surface area contributed by atoms with Gasteiger partial charge in [0.25, 0.3) is 5.91 Å². The second kappa shape index (κ2) is 12.6. The highest BCUT2D eigenvalue weighted by Crippen LogP contribution is 2.36. The minimum absolute atomic E-state index is 0.0937. The monoisotopic (exact) mass is 491 g/mol. The Kier molecular flexibility index (Phi) is 9.83. The number of halogens is 1. The Bertz CT molecular complexity index is 916. The van der Waals surface area contributed by atoms with Gasteiger partial charge in [0.2, 0.25) is 5.91 Å². The smallest absolute Gasteiger partial charge is 0.251 e. The van der Waals surface area contributed by atoms with Crippen LogP contribution in [0.1, 0.15) is 36.2 Å². The molecule has 2 aromatic carbocycles. The fourth-order valence-electron chi connectivity index (χ4n) is 2.58. The third-order valence-corrected chi connectivity index (χ3v) is 4.60. The van der Waals surface area contributed by atoms with Gasteiger partial charge in [0.1, 0.15) is 5.75 Å². The maximum atomic E-state index is 12.1. The van der Waals surface area contributed by atoms with Crippen LogP contribution in [0.15, 0.2) is 46.0 Å². The number of benzene rings is 2. The third kappa shape index (κ3) is 7.60. The molecule has 2 aromatic rings. The van der Waals surface area contributed by atoms with E-state index in [2.05, 4.69) is 31.8 Å². The molecule has 0 aromatic heterocycles. The van der Waals surface area contributed by atoms with Crippen molar-refractivity contribution in [2.24, 2.45) is 5.10 Å². The molecule has 0 unspecified atom stereocenters. The van der Waals surface area contributed by atoms with Crippen LogP contribution in [-0.2, 0) is 4.79 Å². The number of hydrogen-bond acceptors (Lipinski definition) is 6. The summed E-state index contributed by atoms with van der Waals surface area (Å²) >= 11 is 3.46. The van der Waals surface area contributed by atoms with Crippen LogP contribution >= 0.6 is 15.9 Å². The van der Waals surface area contributed by atoms with Gasteiger partial charge in [-0.15, -0.1) is 0 Å². The van der Waals surface area contributed by atoms with Gasteiger partial charge in [0.05, 0.1) is 31.0 Å². The molecule has 0 spiro atoms. The van der Waals surface area contributed by atoms with Crippen LogP contribution in [0.4, 0.5) is 0 Å². The number of nitrogens with zero attached hydrogens (tertiary/aromatic N) is 1. The van der Waals surface area contributed by atoms with Gasteiger partial charge in [0, 0.05) is 18.5 Å². The second-order valence-electron chi connectivity index (χ2n) is 6.22. The van der Waals surface area contributed by atoms with Gasteiger partial charge in [-0.3, -0.25) is 9.59 Å². The van der Waals surface area contributed by atoms with Crippen molar-refractivity contribution in [2.45, 2.75) is 20.3 Å². The molecule has 0 aliphatic carbocycles. The lowest BCUT2D eigenvalue weighted by molar-refractivity contribution is -0.120. The first kappa shape index (κ1) is 24.2. The van der Waals surface area contributed by atoms with E-state index in [9.17, 15) is 9.59 Å². The molecule has 2 N–H and O–H groups in total. The molecular weight excluding hydrogens is 466 g/mol. The number of methoxy groups -OCH3 is 1. The molecule has 0 bridgehead atoms. The van der Waals surface area contributed by atoms with Crippen molar-refractivity contribution in [3.63, 3.8) is 0 Å². The number of rotatable bonds is 11. The molecule has 2 amide bonds. The van der Waals surface area contributed by atoms with Crippen LogP contribution < -0.4 is 25.0 Å². The Morgan fingerprint density at radius 1 is 1.10 bits per heavy atom. The van der Waals surface area contributed by atoms with E-state index >= 15 is 0 Å². The Labute approximate surface area is 190 Å². The standard InChI is InChI=1S/C22H26BrN3O5/c1-4-30-19-13-15(12-18(23)21(19)31-5-2)14-25-26-20(27)10-11-24-22(28)16-6-8-17(29-3)9-7-16/h6-9,12-14H,4-5,10-11H2,1-3H3,(H,24,28)(H,26,27). The van der Waals surface area contributed by atoms with E-state index in [1.54, 1.807) is 37.4 Å². The van der Waals surface area contributed by atoms with Gasteiger partial charge in [-0.1, -0.05) is 0 Å². The highest BCUT2D eigenvalue weighted by molar-refractivity contribution is 9.10. The van der Waals surface area contributed by atoms with Gasteiger partial charge in [0.15, 0.2) is 11.5 Å². The average molecular weight is 492 g/mol. The van der Waals surface area contributed by atoms with E-state index in [4.69, 9.17) is 14.2 Å².